The molecule has 11 nitrogen and oxygen atoms in total. The molecule has 14 heteroatoms. The van der Waals surface area contributed by atoms with Gasteiger partial charge in [0.15, 0.2) is 0 Å². The summed E-state index contributed by atoms with van der Waals surface area (Å²) in [6, 6.07) is 4.47. The summed E-state index contributed by atoms with van der Waals surface area (Å²) in [5.74, 6) is -1.02. The zero-order valence-corrected chi connectivity index (χ0v) is 16.5. The van der Waals surface area contributed by atoms with Crippen molar-refractivity contribution >= 4 is 33.2 Å². The number of phosphoric ester groups is 1. The number of rotatable bonds is 11. The topological polar surface area (TPSA) is 156 Å². The molecule has 0 aromatic heterocycles. The highest BCUT2D eigenvalue weighted by Crippen LogP contribution is 2.49. The summed E-state index contributed by atoms with van der Waals surface area (Å²) >= 11 is 0. The van der Waals surface area contributed by atoms with Crippen molar-refractivity contribution in [3.05, 3.63) is 34.4 Å². The quantitative estimate of drug-likeness (QED) is 0.283. The standard InChI is InChI=1S/C12H18NO10PS2/c1-25(17,18)9-7-21-24(16,22-8-10-26(2,19)20)23-12-5-3-11(4-6-12)13(14)15/h3-6H,7-10H2,1-2H3. The van der Waals surface area contributed by atoms with Crippen LogP contribution in [0.15, 0.2) is 24.3 Å². The van der Waals surface area contributed by atoms with Gasteiger partial charge >= 0.3 is 7.82 Å². The third-order valence-corrected chi connectivity index (χ3v) is 5.92. The number of non-ortho nitro benzene ring substituents is 1. The Kier molecular flexibility index (Phi) is 7.71. The predicted octanol–water partition coefficient (Wildman–Crippen LogP) is 1.20. The third-order valence-electron chi connectivity index (χ3n) is 2.67. The molecular weight excluding hydrogens is 413 g/mol. The van der Waals surface area contributed by atoms with Gasteiger partial charge in [0.25, 0.3) is 5.69 Å². The normalized spacial score (nSPS) is 12.7. The van der Waals surface area contributed by atoms with Gasteiger partial charge in [-0.3, -0.25) is 19.2 Å². The van der Waals surface area contributed by atoms with Crippen LogP contribution in [0.4, 0.5) is 5.69 Å². The first kappa shape index (κ1) is 22.5. The van der Waals surface area contributed by atoms with Crippen molar-refractivity contribution in [2.24, 2.45) is 0 Å². The molecule has 0 radical (unpaired) electrons. The second-order valence-corrected chi connectivity index (χ2v) is 11.3. The van der Waals surface area contributed by atoms with Crippen LogP contribution < -0.4 is 4.52 Å². The lowest BCUT2D eigenvalue weighted by atomic mass is 10.3. The number of benzene rings is 1. The molecule has 0 atom stereocenters. The summed E-state index contributed by atoms with van der Waals surface area (Å²) in [6.45, 7) is -1.02. The van der Waals surface area contributed by atoms with Crippen molar-refractivity contribution < 1.29 is 39.9 Å². The van der Waals surface area contributed by atoms with Crippen LogP contribution in [0.2, 0.25) is 0 Å². The van der Waals surface area contributed by atoms with Gasteiger partial charge in [-0.05, 0) is 12.1 Å². The van der Waals surface area contributed by atoms with Crippen LogP contribution in [0, 0.1) is 10.1 Å². The van der Waals surface area contributed by atoms with E-state index < -0.39 is 57.1 Å². The first-order chi connectivity index (χ1) is 11.8. The van der Waals surface area contributed by atoms with Crippen LogP contribution >= 0.6 is 7.82 Å². The molecule has 0 fully saturated rings. The van der Waals surface area contributed by atoms with E-state index in [1.807, 2.05) is 0 Å². The van der Waals surface area contributed by atoms with E-state index in [1.165, 1.54) is 0 Å². The molecule has 148 valence electrons. The van der Waals surface area contributed by atoms with E-state index in [4.69, 9.17) is 13.6 Å². The van der Waals surface area contributed by atoms with Crippen LogP contribution in [0.5, 0.6) is 5.75 Å². The Hall–Kier alpha value is -1.53. The van der Waals surface area contributed by atoms with Gasteiger partial charge in [0, 0.05) is 24.6 Å². The van der Waals surface area contributed by atoms with Crippen molar-refractivity contribution in [1.29, 1.82) is 0 Å². The fraction of sp³-hybridized carbons (Fsp3) is 0.500. The Morgan fingerprint density at radius 3 is 1.73 bits per heavy atom. The predicted molar refractivity (Wildman–Crippen MR) is 92.7 cm³/mol. The van der Waals surface area contributed by atoms with Crippen molar-refractivity contribution in [3.63, 3.8) is 0 Å². The summed E-state index contributed by atoms with van der Waals surface area (Å²) in [5.41, 5.74) is -0.233. The summed E-state index contributed by atoms with van der Waals surface area (Å²) < 4.78 is 72.0. The Bertz CT molecular complexity index is 837. The molecule has 1 rings (SSSR count). The van der Waals surface area contributed by atoms with E-state index in [2.05, 4.69) is 0 Å². The number of sulfone groups is 2. The lowest BCUT2D eigenvalue weighted by Gasteiger charge is -2.18. The highest BCUT2D eigenvalue weighted by atomic mass is 32.2. The van der Waals surface area contributed by atoms with Gasteiger partial charge in [0.2, 0.25) is 0 Å². The summed E-state index contributed by atoms with van der Waals surface area (Å²) in [6.07, 6.45) is 1.89. The van der Waals surface area contributed by atoms with E-state index in [0.717, 1.165) is 36.8 Å². The maximum Gasteiger partial charge on any atom is 0.530 e. The third kappa shape index (κ3) is 9.25. The molecule has 0 aliphatic heterocycles. The molecule has 0 bridgehead atoms. The Morgan fingerprint density at radius 2 is 1.38 bits per heavy atom. The minimum Gasteiger partial charge on any atom is -0.404 e. The van der Waals surface area contributed by atoms with Gasteiger partial charge in [-0.15, -0.1) is 0 Å². The van der Waals surface area contributed by atoms with Crippen LogP contribution in [0.3, 0.4) is 0 Å². The van der Waals surface area contributed by atoms with Crippen molar-refractivity contribution in [3.8, 4) is 5.75 Å². The summed E-state index contributed by atoms with van der Waals surface area (Å²) in [5, 5.41) is 10.6. The zero-order valence-electron chi connectivity index (χ0n) is 13.9. The lowest BCUT2D eigenvalue weighted by molar-refractivity contribution is -0.384. The number of nitro groups is 1. The van der Waals surface area contributed by atoms with Crippen molar-refractivity contribution in [1.82, 2.24) is 0 Å². The molecule has 0 saturated heterocycles. The molecule has 0 N–H and O–H groups in total. The van der Waals surface area contributed by atoms with Gasteiger partial charge in [-0.2, -0.15) is 0 Å². The Balaban J connectivity index is 2.87. The second-order valence-electron chi connectivity index (χ2n) is 5.22. The molecule has 0 amide bonds. The van der Waals surface area contributed by atoms with Gasteiger partial charge in [0.1, 0.15) is 25.4 Å². The van der Waals surface area contributed by atoms with Crippen molar-refractivity contribution in [2.75, 3.05) is 37.2 Å². The molecule has 0 saturated carbocycles. The smallest absolute Gasteiger partial charge is 0.404 e. The summed E-state index contributed by atoms with van der Waals surface area (Å²) in [7, 11) is -11.2. The van der Waals surface area contributed by atoms with Crippen LogP contribution in [0.1, 0.15) is 0 Å². The highest BCUT2D eigenvalue weighted by molar-refractivity contribution is 7.90. The number of hydrogen-bond acceptors (Lipinski definition) is 10. The number of nitrogens with zero attached hydrogens (tertiary/aromatic N) is 1. The average molecular weight is 431 g/mol. The van der Waals surface area contributed by atoms with Crippen LogP contribution in [-0.2, 0) is 33.3 Å². The highest BCUT2D eigenvalue weighted by Gasteiger charge is 2.30. The van der Waals surface area contributed by atoms with Gasteiger partial charge in [-0.1, -0.05) is 0 Å². The molecule has 0 spiro atoms. The Morgan fingerprint density at radius 1 is 0.962 bits per heavy atom. The maximum absolute atomic E-state index is 12.6. The minimum atomic E-state index is -4.35. The number of hydrogen-bond donors (Lipinski definition) is 0. The fourth-order valence-electron chi connectivity index (χ4n) is 1.45. The van der Waals surface area contributed by atoms with Crippen molar-refractivity contribution in [2.45, 2.75) is 0 Å². The second kappa shape index (κ2) is 8.91. The van der Waals surface area contributed by atoms with Gasteiger partial charge in [-0.25, -0.2) is 21.4 Å². The fourth-order valence-corrected chi connectivity index (χ4v) is 3.66. The monoisotopic (exact) mass is 431 g/mol. The maximum atomic E-state index is 12.6. The summed E-state index contributed by atoms with van der Waals surface area (Å²) in [4.78, 5) is 9.97. The average Bonchev–Trinajstić information content (AvgIpc) is 2.44. The van der Waals surface area contributed by atoms with E-state index >= 15 is 0 Å². The number of phosphoric acid groups is 1. The lowest BCUT2D eigenvalue weighted by Crippen LogP contribution is -2.14. The van der Waals surface area contributed by atoms with Crippen LogP contribution in [0.25, 0.3) is 0 Å². The molecule has 1 aromatic carbocycles. The largest absolute Gasteiger partial charge is 0.530 e. The van der Waals surface area contributed by atoms with Crippen LogP contribution in [-0.4, -0.2) is 59.0 Å². The molecule has 0 heterocycles. The first-order valence-electron chi connectivity index (χ1n) is 6.98. The van der Waals surface area contributed by atoms with Gasteiger partial charge < -0.3 is 4.52 Å². The Labute approximate surface area is 150 Å². The molecular formula is C12H18NO10PS2. The molecule has 0 aliphatic rings. The molecule has 26 heavy (non-hydrogen) atoms. The molecule has 1 aromatic rings. The van der Waals surface area contributed by atoms with E-state index in [1.54, 1.807) is 0 Å². The van der Waals surface area contributed by atoms with Gasteiger partial charge in [0.05, 0.1) is 29.6 Å². The van der Waals surface area contributed by atoms with E-state index in [-0.39, 0.29) is 11.4 Å². The SMILES string of the molecule is CS(=O)(=O)CCOP(=O)(OCCS(C)(=O)=O)Oc1ccc([N+](=O)[O-])cc1. The molecule has 0 aliphatic carbocycles. The van der Waals surface area contributed by atoms with E-state index in [0.29, 0.717) is 0 Å². The first-order valence-corrected chi connectivity index (χ1v) is 12.6. The zero-order chi connectivity index (χ0) is 20.0. The molecule has 0 unspecified atom stereocenters. The number of nitro benzene ring substituents is 1. The minimum absolute atomic E-state index is 0.0994. The van der Waals surface area contributed by atoms with E-state index in [9.17, 15) is 31.5 Å².